The normalized spacial score (nSPS) is 19.1. The Kier molecular flexibility index (Phi) is 6.61. The fourth-order valence-electron chi connectivity index (χ4n) is 4.41. The van der Waals surface area contributed by atoms with Crippen LogP contribution in [0.15, 0.2) is 9.95 Å². The van der Waals surface area contributed by atoms with Gasteiger partial charge in [0, 0.05) is 37.7 Å². The van der Waals surface area contributed by atoms with Crippen molar-refractivity contribution in [1.29, 1.82) is 0 Å². The van der Waals surface area contributed by atoms with Gasteiger partial charge in [0.1, 0.15) is 4.83 Å². The van der Waals surface area contributed by atoms with Crippen molar-refractivity contribution >= 4 is 39.2 Å². The van der Waals surface area contributed by atoms with E-state index in [9.17, 15) is 9.59 Å². The summed E-state index contributed by atoms with van der Waals surface area (Å²) in [6, 6.07) is 0.302. The zero-order valence-electron chi connectivity index (χ0n) is 17.2. The first-order valence-corrected chi connectivity index (χ1v) is 12.4. The minimum Gasteiger partial charge on any atom is -0.385 e. The minimum atomic E-state index is 0.0480. The first-order chi connectivity index (χ1) is 14.1. The van der Waals surface area contributed by atoms with E-state index in [0.29, 0.717) is 30.1 Å². The van der Waals surface area contributed by atoms with Crippen molar-refractivity contribution in [1.82, 2.24) is 14.5 Å². The lowest BCUT2D eigenvalue weighted by molar-refractivity contribution is -0.131. The molecule has 29 heavy (non-hydrogen) atoms. The Hall–Kier alpha value is -1.38. The van der Waals surface area contributed by atoms with Gasteiger partial charge in [-0.25, -0.2) is 4.98 Å². The van der Waals surface area contributed by atoms with E-state index < -0.39 is 0 Å². The highest BCUT2D eigenvalue weighted by Crippen LogP contribution is 2.35. The molecule has 158 valence electrons. The van der Waals surface area contributed by atoms with Gasteiger partial charge in [0.25, 0.3) is 5.56 Å². The Morgan fingerprint density at radius 3 is 2.97 bits per heavy atom. The average molecular weight is 436 g/mol. The molecule has 0 spiro atoms. The van der Waals surface area contributed by atoms with E-state index in [1.54, 1.807) is 23.0 Å². The number of ether oxygens (including phenoxy) is 1. The zero-order valence-corrected chi connectivity index (χ0v) is 18.9. The van der Waals surface area contributed by atoms with Crippen LogP contribution in [0.2, 0.25) is 0 Å². The molecule has 0 radical (unpaired) electrons. The van der Waals surface area contributed by atoms with Crippen molar-refractivity contribution in [2.24, 2.45) is 0 Å². The number of carbonyl (C=O) groups excluding carboxylic acids is 1. The van der Waals surface area contributed by atoms with Crippen molar-refractivity contribution in [3.05, 3.63) is 20.8 Å². The molecule has 4 rings (SSSR count). The molecule has 2 aromatic rings. The standard InChI is InChI=1S/C21H29N3O3S2/c1-14-7-3-4-10-23(14)17(25)13-28-21-22-19-18(15-8-5-9-16(15)29-19)20(26)24(21)11-6-12-27-2/h14H,3-13H2,1-2H3/t14-/m1/s1. The number of rotatable bonds is 7. The van der Waals surface area contributed by atoms with E-state index in [-0.39, 0.29) is 11.5 Å². The smallest absolute Gasteiger partial charge is 0.263 e. The summed E-state index contributed by atoms with van der Waals surface area (Å²) in [6.07, 6.45) is 7.24. The van der Waals surface area contributed by atoms with Gasteiger partial charge in [-0.3, -0.25) is 14.2 Å². The van der Waals surface area contributed by atoms with E-state index in [1.807, 2.05) is 4.90 Å². The molecule has 3 heterocycles. The molecule has 1 saturated heterocycles. The molecule has 0 bridgehead atoms. The Labute approximate surface area is 179 Å². The van der Waals surface area contributed by atoms with Crippen molar-refractivity contribution < 1.29 is 9.53 Å². The summed E-state index contributed by atoms with van der Waals surface area (Å²) in [4.78, 5) is 35.1. The Morgan fingerprint density at radius 1 is 1.31 bits per heavy atom. The van der Waals surface area contributed by atoms with E-state index >= 15 is 0 Å². The summed E-state index contributed by atoms with van der Waals surface area (Å²) in [6.45, 7) is 4.13. The molecule has 1 amide bonds. The fourth-order valence-corrected chi connectivity index (χ4v) is 6.62. The number of nitrogens with zero attached hydrogens (tertiary/aromatic N) is 3. The van der Waals surface area contributed by atoms with Gasteiger partial charge in [-0.2, -0.15) is 0 Å². The van der Waals surface area contributed by atoms with Gasteiger partial charge in [-0.1, -0.05) is 11.8 Å². The maximum absolute atomic E-state index is 13.3. The second-order valence-electron chi connectivity index (χ2n) is 7.96. The number of thiophene rings is 1. The molecule has 1 fully saturated rings. The molecule has 2 aromatic heterocycles. The number of aromatic nitrogens is 2. The van der Waals surface area contributed by atoms with Gasteiger partial charge >= 0.3 is 0 Å². The van der Waals surface area contributed by atoms with Crippen LogP contribution in [0, 0.1) is 0 Å². The molecule has 1 aliphatic carbocycles. The fraction of sp³-hybridized carbons (Fsp3) is 0.667. The number of hydrogen-bond donors (Lipinski definition) is 0. The van der Waals surface area contributed by atoms with Crippen LogP contribution in [0.3, 0.4) is 0 Å². The molecule has 0 N–H and O–H groups in total. The van der Waals surface area contributed by atoms with Gasteiger partial charge in [0.2, 0.25) is 5.91 Å². The molecule has 6 nitrogen and oxygen atoms in total. The lowest BCUT2D eigenvalue weighted by atomic mass is 10.0. The zero-order chi connectivity index (χ0) is 20.4. The van der Waals surface area contributed by atoms with Crippen LogP contribution in [-0.2, 0) is 28.9 Å². The number of methoxy groups -OCH3 is 1. The van der Waals surface area contributed by atoms with Gasteiger partial charge in [0.15, 0.2) is 5.16 Å². The Morgan fingerprint density at radius 2 is 2.17 bits per heavy atom. The van der Waals surface area contributed by atoms with Crippen LogP contribution in [0.5, 0.6) is 0 Å². The van der Waals surface area contributed by atoms with Crippen LogP contribution >= 0.6 is 23.1 Å². The largest absolute Gasteiger partial charge is 0.385 e. The van der Waals surface area contributed by atoms with Crippen LogP contribution in [0.25, 0.3) is 10.2 Å². The van der Waals surface area contributed by atoms with Crippen LogP contribution in [-0.4, -0.2) is 52.4 Å². The number of thioether (sulfide) groups is 1. The second kappa shape index (κ2) is 9.18. The SMILES string of the molecule is COCCCn1c(SCC(=O)N2CCCC[C@H]2C)nc2sc3c(c2c1=O)CCC3. The molecular weight excluding hydrogens is 406 g/mol. The predicted octanol–water partition coefficient (Wildman–Crippen LogP) is 3.48. The molecule has 0 saturated carbocycles. The summed E-state index contributed by atoms with van der Waals surface area (Å²) in [7, 11) is 1.67. The molecule has 2 aliphatic rings. The molecule has 1 aliphatic heterocycles. The Balaban J connectivity index is 1.60. The molecule has 0 unspecified atom stereocenters. The maximum Gasteiger partial charge on any atom is 0.263 e. The number of fused-ring (bicyclic) bond motifs is 3. The maximum atomic E-state index is 13.3. The van der Waals surface area contributed by atoms with Gasteiger partial charge < -0.3 is 9.64 Å². The molecule has 8 heteroatoms. The van der Waals surface area contributed by atoms with Gasteiger partial charge in [0.05, 0.1) is 11.1 Å². The minimum absolute atomic E-state index is 0.0480. The van der Waals surface area contributed by atoms with E-state index in [4.69, 9.17) is 9.72 Å². The second-order valence-corrected chi connectivity index (χ2v) is 9.98. The highest BCUT2D eigenvalue weighted by Gasteiger charge is 2.26. The predicted molar refractivity (Wildman–Crippen MR) is 118 cm³/mol. The van der Waals surface area contributed by atoms with E-state index in [1.165, 1.54) is 28.6 Å². The van der Waals surface area contributed by atoms with Crippen molar-refractivity contribution in [2.75, 3.05) is 26.0 Å². The number of aryl methyl sites for hydroxylation is 2. The number of likely N-dealkylation sites (tertiary alicyclic amines) is 1. The first kappa shape index (κ1) is 20.9. The molecular formula is C21H29N3O3S2. The summed E-state index contributed by atoms with van der Waals surface area (Å²) >= 11 is 3.06. The third-order valence-electron chi connectivity index (χ3n) is 5.97. The van der Waals surface area contributed by atoms with Crippen LogP contribution < -0.4 is 5.56 Å². The van der Waals surface area contributed by atoms with E-state index in [0.717, 1.165) is 55.3 Å². The van der Waals surface area contributed by atoms with Gasteiger partial charge in [-0.05, 0) is 57.4 Å². The topological polar surface area (TPSA) is 64.4 Å². The van der Waals surface area contributed by atoms with Crippen molar-refractivity contribution in [3.63, 3.8) is 0 Å². The quantitative estimate of drug-likeness (QED) is 0.378. The monoisotopic (exact) mass is 435 g/mol. The lowest BCUT2D eigenvalue weighted by Gasteiger charge is -2.33. The lowest BCUT2D eigenvalue weighted by Crippen LogP contribution is -2.43. The summed E-state index contributed by atoms with van der Waals surface area (Å²) in [5.41, 5.74) is 1.25. The third-order valence-corrected chi connectivity index (χ3v) is 8.11. The number of hydrogen-bond acceptors (Lipinski definition) is 6. The molecule has 0 aromatic carbocycles. The number of amides is 1. The van der Waals surface area contributed by atoms with Crippen molar-refractivity contribution in [3.8, 4) is 0 Å². The average Bonchev–Trinajstić information content (AvgIpc) is 3.29. The highest BCUT2D eigenvalue weighted by molar-refractivity contribution is 7.99. The first-order valence-electron chi connectivity index (χ1n) is 10.6. The summed E-state index contributed by atoms with van der Waals surface area (Å²) < 4.78 is 6.95. The molecule has 1 atom stereocenters. The Bertz CT molecular complexity index is 953. The summed E-state index contributed by atoms with van der Waals surface area (Å²) in [5.74, 6) is 0.478. The van der Waals surface area contributed by atoms with E-state index in [2.05, 4.69) is 6.92 Å². The van der Waals surface area contributed by atoms with Crippen LogP contribution in [0.4, 0.5) is 0 Å². The number of carbonyl (C=O) groups is 1. The number of piperidine rings is 1. The van der Waals surface area contributed by atoms with Crippen molar-refractivity contribution in [2.45, 2.75) is 69.6 Å². The highest BCUT2D eigenvalue weighted by atomic mass is 32.2. The van der Waals surface area contributed by atoms with Gasteiger partial charge in [-0.15, -0.1) is 11.3 Å². The summed E-state index contributed by atoms with van der Waals surface area (Å²) in [5, 5.41) is 1.47. The van der Waals surface area contributed by atoms with Crippen LogP contribution in [0.1, 0.15) is 49.5 Å². The third kappa shape index (κ3) is 4.25.